The van der Waals surface area contributed by atoms with E-state index in [2.05, 4.69) is 22.0 Å². The van der Waals surface area contributed by atoms with E-state index < -0.39 is 0 Å². The first-order valence-corrected chi connectivity index (χ1v) is 5.80. The summed E-state index contributed by atoms with van der Waals surface area (Å²) in [5.41, 5.74) is 3.51. The van der Waals surface area contributed by atoms with Gasteiger partial charge >= 0.3 is 0 Å². The Morgan fingerprint density at radius 2 is 1.75 bits per heavy atom. The second-order valence-electron chi connectivity index (χ2n) is 2.46. The molecular weight excluding hydrogens is 259 g/mol. The molecule has 0 aromatic heterocycles. The lowest BCUT2D eigenvalue weighted by molar-refractivity contribution is 1.20. The van der Waals surface area contributed by atoms with Crippen molar-refractivity contribution in [2.24, 2.45) is 0 Å². The van der Waals surface area contributed by atoms with Gasteiger partial charge in [-0.3, -0.25) is 0 Å². The fourth-order valence-corrected chi connectivity index (χ4v) is 2.23. The molecule has 0 unspecified atom stereocenters. The van der Waals surface area contributed by atoms with Gasteiger partial charge in [-0.2, -0.15) is 0 Å². The molecule has 0 radical (unpaired) electrons. The van der Waals surface area contributed by atoms with E-state index in [9.17, 15) is 0 Å². The summed E-state index contributed by atoms with van der Waals surface area (Å²) in [6, 6.07) is 6.07. The van der Waals surface area contributed by atoms with E-state index in [1.54, 1.807) is 0 Å². The summed E-state index contributed by atoms with van der Waals surface area (Å²) in [4.78, 5) is 0. The first-order chi connectivity index (χ1) is 5.83. The Bertz CT molecular complexity index is 238. The van der Waals surface area contributed by atoms with Crippen LogP contribution in [0.3, 0.4) is 0 Å². The summed E-state index contributed by atoms with van der Waals surface area (Å²) in [6.45, 7) is 0. The molecule has 1 aromatic carbocycles. The lowest BCUT2D eigenvalue weighted by Crippen LogP contribution is -1.93. The number of hydrogen-bond donors (Lipinski definition) is 0. The first-order valence-electron chi connectivity index (χ1n) is 3.61. The summed E-state index contributed by atoms with van der Waals surface area (Å²) in [7, 11) is 0. The minimum absolute atomic E-state index is 0.531. The molecule has 0 atom stereocenters. The maximum Gasteiger partial charge on any atom is 0.0480 e. The maximum atomic E-state index is 5.82. The van der Waals surface area contributed by atoms with Gasteiger partial charge in [-0.1, -0.05) is 34.1 Å². The Morgan fingerprint density at radius 1 is 1.08 bits per heavy atom. The van der Waals surface area contributed by atoms with Crippen molar-refractivity contribution in [3.8, 4) is 0 Å². The second kappa shape index (κ2) is 5.11. The van der Waals surface area contributed by atoms with Crippen LogP contribution in [0.2, 0.25) is 0 Å². The normalized spacial score (nSPS) is 10.2. The van der Waals surface area contributed by atoms with Crippen molar-refractivity contribution < 1.29 is 0 Å². The van der Waals surface area contributed by atoms with E-state index in [1.807, 2.05) is 12.1 Å². The van der Waals surface area contributed by atoms with Gasteiger partial charge in [0.1, 0.15) is 0 Å². The lowest BCUT2D eigenvalue weighted by Gasteiger charge is -2.07. The third-order valence-corrected chi connectivity index (χ3v) is 2.95. The molecule has 0 nitrogen and oxygen atoms in total. The molecule has 0 spiro atoms. The van der Waals surface area contributed by atoms with Crippen LogP contribution in [0.15, 0.2) is 18.2 Å². The molecule has 1 rings (SSSR count). The summed E-state index contributed by atoms with van der Waals surface area (Å²) >= 11 is 15.0. The molecule has 66 valence electrons. The quantitative estimate of drug-likeness (QED) is 0.725. The minimum Gasteiger partial charge on any atom is -0.122 e. The van der Waals surface area contributed by atoms with Gasteiger partial charge < -0.3 is 0 Å². The summed E-state index contributed by atoms with van der Waals surface area (Å²) in [5.74, 6) is 1.06. The van der Waals surface area contributed by atoms with Crippen LogP contribution in [-0.2, 0) is 17.1 Å². The van der Waals surface area contributed by atoms with Gasteiger partial charge in [-0.15, -0.1) is 23.2 Å². The molecule has 0 aliphatic rings. The third kappa shape index (κ3) is 2.15. The van der Waals surface area contributed by atoms with Crippen LogP contribution >= 0.6 is 39.1 Å². The highest BCUT2D eigenvalue weighted by Gasteiger charge is 2.04. The number of alkyl halides is 3. The SMILES string of the molecule is ClCc1cccc(CBr)c1CCl. The van der Waals surface area contributed by atoms with Gasteiger partial charge in [0.2, 0.25) is 0 Å². The summed E-state index contributed by atoms with van der Waals surface area (Å²) < 4.78 is 0. The van der Waals surface area contributed by atoms with Crippen molar-refractivity contribution in [1.82, 2.24) is 0 Å². The van der Waals surface area contributed by atoms with E-state index in [4.69, 9.17) is 23.2 Å². The number of hydrogen-bond acceptors (Lipinski definition) is 0. The van der Waals surface area contributed by atoms with Gasteiger partial charge in [-0.25, -0.2) is 0 Å². The Kier molecular flexibility index (Phi) is 4.41. The third-order valence-electron chi connectivity index (χ3n) is 1.79. The van der Waals surface area contributed by atoms with Gasteiger partial charge in [-0.05, 0) is 16.7 Å². The molecule has 0 aliphatic carbocycles. The van der Waals surface area contributed by atoms with E-state index >= 15 is 0 Å². The smallest absolute Gasteiger partial charge is 0.0480 e. The van der Waals surface area contributed by atoms with Crippen LogP contribution in [0.1, 0.15) is 16.7 Å². The number of halogens is 3. The number of rotatable bonds is 3. The molecular formula is C9H9BrCl2. The zero-order valence-electron chi connectivity index (χ0n) is 6.49. The Balaban J connectivity index is 3.13. The molecule has 3 heteroatoms. The molecule has 0 bridgehead atoms. The van der Waals surface area contributed by atoms with Crippen LogP contribution in [0.5, 0.6) is 0 Å². The number of benzene rings is 1. The van der Waals surface area contributed by atoms with Crippen molar-refractivity contribution in [3.63, 3.8) is 0 Å². The Labute approximate surface area is 91.0 Å². The van der Waals surface area contributed by atoms with E-state index in [-0.39, 0.29) is 0 Å². The lowest BCUT2D eigenvalue weighted by atomic mass is 10.1. The highest BCUT2D eigenvalue weighted by atomic mass is 79.9. The molecule has 12 heavy (non-hydrogen) atoms. The highest BCUT2D eigenvalue weighted by molar-refractivity contribution is 9.08. The van der Waals surface area contributed by atoms with Crippen LogP contribution in [0.4, 0.5) is 0 Å². The molecule has 0 saturated heterocycles. The molecule has 0 saturated carbocycles. The molecule has 1 aromatic rings. The average Bonchev–Trinajstić information content (AvgIpc) is 2.16. The van der Waals surface area contributed by atoms with Crippen LogP contribution < -0.4 is 0 Å². The fraction of sp³-hybridized carbons (Fsp3) is 0.333. The second-order valence-corrected chi connectivity index (χ2v) is 3.55. The predicted octanol–water partition coefficient (Wildman–Crippen LogP) is 4.06. The molecule has 0 N–H and O–H groups in total. The van der Waals surface area contributed by atoms with E-state index in [0.717, 1.165) is 16.5 Å². The van der Waals surface area contributed by atoms with Gasteiger partial charge in [0.15, 0.2) is 0 Å². The summed E-state index contributed by atoms with van der Waals surface area (Å²) in [5, 5.41) is 0.833. The van der Waals surface area contributed by atoms with E-state index in [0.29, 0.717) is 11.8 Å². The highest BCUT2D eigenvalue weighted by Crippen LogP contribution is 2.20. The van der Waals surface area contributed by atoms with Gasteiger partial charge in [0, 0.05) is 17.1 Å². The van der Waals surface area contributed by atoms with Crippen LogP contribution in [-0.4, -0.2) is 0 Å². The van der Waals surface area contributed by atoms with Crippen molar-refractivity contribution in [1.29, 1.82) is 0 Å². The average molecular weight is 268 g/mol. The van der Waals surface area contributed by atoms with Crippen molar-refractivity contribution in [3.05, 3.63) is 34.9 Å². The largest absolute Gasteiger partial charge is 0.122 e. The molecule has 0 aliphatic heterocycles. The molecule has 0 amide bonds. The van der Waals surface area contributed by atoms with E-state index in [1.165, 1.54) is 5.56 Å². The molecule has 0 heterocycles. The Morgan fingerprint density at radius 3 is 2.25 bits per heavy atom. The summed E-state index contributed by atoms with van der Waals surface area (Å²) in [6.07, 6.45) is 0. The topological polar surface area (TPSA) is 0 Å². The fourth-order valence-electron chi connectivity index (χ4n) is 1.11. The van der Waals surface area contributed by atoms with Gasteiger partial charge in [0.05, 0.1) is 0 Å². The van der Waals surface area contributed by atoms with Crippen molar-refractivity contribution in [2.45, 2.75) is 17.1 Å². The van der Waals surface area contributed by atoms with Crippen molar-refractivity contribution >= 4 is 39.1 Å². The minimum atomic E-state index is 0.531. The zero-order valence-corrected chi connectivity index (χ0v) is 9.59. The Hall–Kier alpha value is 0.280. The zero-order chi connectivity index (χ0) is 8.97. The first kappa shape index (κ1) is 10.4. The monoisotopic (exact) mass is 266 g/mol. The van der Waals surface area contributed by atoms with Crippen LogP contribution in [0, 0.1) is 0 Å². The van der Waals surface area contributed by atoms with Crippen molar-refractivity contribution in [2.75, 3.05) is 0 Å². The van der Waals surface area contributed by atoms with Crippen LogP contribution in [0.25, 0.3) is 0 Å². The standard InChI is InChI=1S/C9H9BrCl2/c10-4-7-2-1-3-8(5-11)9(7)6-12/h1-3H,4-6H2. The predicted molar refractivity (Wildman–Crippen MR) is 58.2 cm³/mol. The molecule has 0 fully saturated rings. The maximum absolute atomic E-state index is 5.82. The van der Waals surface area contributed by atoms with Gasteiger partial charge in [0.25, 0.3) is 0 Å².